The zero-order chi connectivity index (χ0) is 32.6. The molecular formula is C37H45ClN2O5Si. The molecule has 0 aliphatic carbocycles. The standard InChI is InChI=1S/C37H45ClN2O5Si/c1-25-35(46(3,4)30-16-14-29(44-2)15-17-30)33(19-21-41)45-37(25)31-23-27(38)13-18-32(31)40(36(37)43)24-26-10-9-11-28(22-26)39-20-8-6-5-7-12-34(39)42/h9-11,13-18,22-23,25,33,35,41H,5-8,12,19-21,24H2,1-4H3/t25-,33+,35-,37+/m0/s1. The van der Waals surface area contributed by atoms with E-state index in [1.807, 2.05) is 64.4 Å². The smallest absolute Gasteiger partial charge is 0.264 e. The third-order valence-corrected chi connectivity index (χ3v) is 15.2. The third-order valence-electron chi connectivity index (χ3n) is 10.6. The van der Waals surface area contributed by atoms with Crippen molar-refractivity contribution >= 4 is 48.1 Å². The van der Waals surface area contributed by atoms with Gasteiger partial charge in [0.15, 0.2) is 5.60 Å². The van der Waals surface area contributed by atoms with E-state index in [9.17, 15) is 14.7 Å². The fourth-order valence-electron chi connectivity index (χ4n) is 8.28. The Balaban J connectivity index is 1.37. The van der Waals surface area contributed by atoms with Gasteiger partial charge in [0.05, 0.1) is 33.5 Å². The number of methoxy groups -OCH3 is 1. The number of hydrogen-bond acceptors (Lipinski definition) is 5. The van der Waals surface area contributed by atoms with Crippen molar-refractivity contribution in [3.63, 3.8) is 0 Å². The van der Waals surface area contributed by atoms with Crippen LogP contribution in [0.15, 0.2) is 66.7 Å². The molecule has 1 spiro atoms. The molecule has 46 heavy (non-hydrogen) atoms. The lowest BCUT2D eigenvalue weighted by Gasteiger charge is -2.37. The largest absolute Gasteiger partial charge is 0.497 e. The van der Waals surface area contributed by atoms with Gasteiger partial charge in [-0.2, -0.15) is 0 Å². The molecule has 1 N–H and O–H groups in total. The van der Waals surface area contributed by atoms with E-state index in [-0.39, 0.29) is 36.0 Å². The monoisotopic (exact) mass is 660 g/mol. The van der Waals surface area contributed by atoms with Crippen LogP contribution < -0.4 is 19.7 Å². The summed E-state index contributed by atoms with van der Waals surface area (Å²) in [6, 6.07) is 21.9. The van der Waals surface area contributed by atoms with Gasteiger partial charge in [-0.1, -0.05) is 73.9 Å². The van der Waals surface area contributed by atoms with Gasteiger partial charge in [0, 0.05) is 41.8 Å². The number of fused-ring (bicyclic) bond motifs is 2. The Kier molecular flexibility index (Phi) is 9.36. The van der Waals surface area contributed by atoms with E-state index in [2.05, 4.69) is 32.2 Å². The van der Waals surface area contributed by atoms with Crippen molar-refractivity contribution in [1.29, 1.82) is 0 Å². The van der Waals surface area contributed by atoms with E-state index in [0.717, 1.165) is 53.9 Å². The predicted molar refractivity (Wildman–Crippen MR) is 186 cm³/mol. The molecule has 0 radical (unpaired) electrons. The van der Waals surface area contributed by atoms with Gasteiger partial charge >= 0.3 is 0 Å². The molecule has 0 aromatic heterocycles. The summed E-state index contributed by atoms with van der Waals surface area (Å²) >= 11 is 6.62. The fraction of sp³-hybridized carbons (Fsp3) is 0.459. The molecule has 0 unspecified atom stereocenters. The molecule has 4 atom stereocenters. The second-order valence-electron chi connectivity index (χ2n) is 13.6. The number of benzene rings is 3. The van der Waals surface area contributed by atoms with Crippen LogP contribution in [0.25, 0.3) is 0 Å². The van der Waals surface area contributed by atoms with Crippen LogP contribution >= 0.6 is 11.6 Å². The lowest BCUT2D eigenvalue weighted by Crippen LogP contribution is -2.51. The average Bonchev–Trinajstić information content (AvgIpc) is 3.46. The maximum absolute atomic E-state index is 14.9. The minimum Gasteiger partial charge on any atom is -0.497 e. The van der Waals surface area contributed by atoms with Crippen LogP contribution in [0, 0.1) is 5.92 Å². The number of aliphatic hydroxyl groups excluding tert-OH is 1. The van der Waals surface area contributed by atoms with E-state index in [1.165, 1.54) is 5.19 Å². The van der Waals surface area contributed by atoms with Gasteiger partial charge in [0.1, 0.15) is 5.75 Å². The van der Waals surface area contributed by atoms with Gasteiger partial charge in [0.2, 0.25) is 5.91 Å². The van der Waals surface area contributed by atoms with Gasteiger partial charge in [-0.05, 0) is 72.8 Å². The molecule has 7 nitrogen and oxygen atoms in total. The molecule has 3 aromatic rings. The minimum absolute atomic E-state index is 0.0284. The first kappa shape index (κ1) is 32.8. The normalized spacial score (nSPS) is 25.1. The highest BCUT2D eigenvalue weighted by atomic mass is 35.5. The number of hydrogen-bond donors (Lipinski definition) is 1. The number of amides is 2. The summed E-state index contributed by atoms with van der Waals surface area (Å²) < 4.78 is 12.4. The first-order chi connectivity index (χ1) is 22.1. The predicted octanol–water partition coefficient (Wildman–Crippen LogP) is 6.79. The Morgan fingerprint density at radius 3 is 2.52 bits per heavy atom. The maximum atomic E-state index is 14.9. The van der Waals surface area contributed by atoms with Crippen molar-refractivity contribution in [2.24, 2.45) is 5.92 Å². The van der Waals surface area contributed by atoms with Crippen LogP contribution in [0.4, 0.5) is 11.4 Å². The highest BCUT2D eigenvalue weighted by Crippen LogP contribution is 2.60. The lowest BCUT2D eigenvalue weighted by atomic mass is 9.82. The third kappa shape index (κ3) is 5.67. The maximum Gasteiger partial charge on any atom is 0.264 e. The number of nitrogens with zero attached hydrogens (tertiary/aromatic N) is 2. The molecule has 0 saturated carbocycles. The molecule has 6 rings (SSSR count). The van der Waals surface area contributed by atoms with Crippen molar-refractivity contribution in [3.8, 4) is 5.75 Å². The van der Waals surface area contributed by atoms with Crippen molar-refractivity contribution < 1.29 is 24.2 Å². The van der Waals surface area contributed by atoms with Gasteiger partial charge in [-0.15, -0.1) is 0 Å². The van der Waals surface area contributed by atoms with Crippen LogP contribution in [0.2, 0.25) is 23.7 Å². The number of anilines is 2. The van der Waals surface area contributed by atoms with Crippen LogP contribution in [0.5, 0.6) is 5.75 Å². The molecule has 2 amide bonds. The van der Waals surface area contributed by atoms with Crippen molar-refractivity contribution in [3.05, 3.63) is 82.9 Å². The quantitative estimate of drug-likeness (QED) is 0.269. The number of halogens is 1. The number of carbonyl (C=O) groups excluding carboxylic acids is 2. The van der Waals surface area contributed by atoms with Crippen LogP contribution in [-0.4, -0.2) is 51.4 Å². The van der Waals surface area contributed by atoms with Crippen molar-refractivity contribution in [2.75, 3.05) is 30.1 Å². The van der Waals surface area contributed by atoms with Gasteiger partial charge in [-0.25, -0.2) is 0 Å². The summed E-state index contributed by atoms with van der Waals surface area (Å²) in [6.07, 6.45) is 4.84. The summed E-state index contributed by atoms with van der Waals surface area (Å²) in [5.41, 5.74) is 2.23. The highest BCUT2D eigenvalue weighted by Gasteiger charge is 2.66. The molecule has 3 heterocycles. The summed E-state index contributed by atoms with van der Waals surface area (Å²) in [6.45, 7) is 7.82. The molecule has 0 bridgehead atoms. The molecule has 2 saturated heterocycles. The van der Waals surface area contributed by atoms with Crippen LogP contribution in [0.1, 0.15) is 56.6 Å². The summed E-state index contributed by atoms with van der Waals surface area (Å²) in [5, 5.41) is 12.0. The summed E-state index contributed by atoms with van der Waals surface area (Å²) in [7, 11) is -0.609. The van der Waals surface area contributed by atoms with Crippen LogP contribution in [-0.2, 0) is 26.5 Å². The molecule has 3 aromatic carbocycles. The number of ether oxygens (including phenoxy) is 2. The number of carbonyl (C=O) groups is 2. The molecule has 3 aliphatic rings. The zero-order valence-electron chi connectivity index (χ0n) is 27.3. The van der Waals surface area contributed by atoms with E-state index < -0.39 is 13.7 Å². The van der Waals surface area contributed by atoms with E-state index in [0.29, 0.717) is 31.0 Å². The Hall–Kier alpha value is -3.17. The van der Waals surface area contributed by atoms with Crippen molar-refractivity contribution in [2.45, 2.75) is 82.3 Å². The zero-order valence-corrected chi connectivity index (χ0v) is 29.1. The Morgan fingerprint density at radius 1 is 1.02 bits per heavy atom. The van der Waals surface area contributed by atoms with Gasteiger partial charge in [-0.3, -0.25) is 9.59 Å². The number of aliphatic hydroxyl groups is 1. The van der Waals surface area contributed by atoms with E-state index >= 15 is 0 Å². The first-order valence-corrected chi connectivity index (χ1v) is 20.0. The Bertz CT molecular complexity index is 1600. The second-order valence-corrected chi connectivity index (χ2v) is 18.7. The van der Waals surface area contributed by atoms with Gasteiger partial charge < -0.3 is 24.4 Å². The Labute approximate surface area is 278 Å². The van der Waals surface area contributed by atoms with E-state index in [1.54, 1.807) is 7.11 Å². The molecular weight excluding hydrogens is 616 g/mol. The summed E-state index contributed by atoms with van der Waals surface area (Å²) in [4.78, 5) is 31.7. The second kappa shape index (κ2) is 13.1. The Morgan fingerprint density at radius 2 is 1.78 bits per heavy atom. The first-order valence-electron chi connectivity index (χ1n) is 16.6. The lowest BCUT2D eigenvalue weighted by molar-refractivity contribution is -0.146. The molecule has 2 fully saturated rings. The fourth-order valence-corrected chi connectivity index (χ4v) is 12.5. The van der Waals surface area contributed by atoms with Crippen molar-refractivity contribution in [1.82, 2.24) is 0 Å². The molecule has 244 valence electrons. The summed E-state index contributed by atoms with van der Waals surface area (Å²) in [5.74, 6) is 0.686. The topological polar surface area (TPSA) is 79.3 Å². The SMILES string of the molecule is COc1ccc([Si](C)(C)[C@@H]2[C@@H](CCO)O[C@]3(C(=O)N(Cc4cccc(N5CCCCCCC5=O)c4)c4ccc(Cl)cc43)[C@H]2C)cc1. The average molecular weight is 661 g/mol. The number of rotatable bonds is 8. The van der Waals surface area contributed by atoms with Gasteiger partial charge in [0.25, 0.3) is 5.91 Å². The minimum atomic E-state index is -2.27. The van der Waals surface area contributed by atoms with Crippen LogP contribution in [0.3, 0.4) is 0 Å². The molecule has 3 aliphatic heterocycles. The highest BCUT2D eigenvalue weighted by molar-refractivity contribution is 6.91. The van der Waals surface area contributed by atoms with E-state index in [4.69, 9.17) is 21.1 Å². The molecule has 9 heteroatoms.